The van der Waals surface area contributed by atoms with E-state index in [9.17, 15) is 0 Å². The average molecular weight is 301 g/mol. The Balaban J connectivity index is 2.57. The summed E-state index contributed by atoms with van der Waals surface area (Å²) < 4.78 is 15.7. The average Bonchev–Trinajstić information content (AvgIpc) is 2.51. The lowest BCUT2D eigenvalue weighted by Crippen LogP contribution is -2.47. The van der Waals surface area contributed by atoms with E-state index in [2.05, 4.69) is 13.8 Å². The lowest BCUT2D eigenvalue weighted by molar-refractivity contribution is 0.199. The molecule has 0 saturated heterocycles. The van der Waals surface area contributed by atoms with E-state index >= 15 is 4.39 Å². The summed E-state index contributed by atoms with van der Waals surface area (Å²) in [5.74, 6) is -1.88. The van der Waals surface area contributed by atoms with Crippen LogP contribution in [0.15, 0.2) is 42.0 Å². The molecule has 0 saturated carbocycles. The van der Waals surface area contributed by atoms with Crippen LogP contribution in [0.4, 0.5) is 4.39 Å². The van der Waals surface area contributed by atoms with Crippen molar-refractivity contribution in [2.75, 3.05) is 0 Å². The molecule has 0 aromatic heterocycles. The fraction of sp³-hybridized carbons (Fsp3) is 0.500. The van der Waals surface area contributed by atoms with Crippen LogP contribution in [0.5, 0.6) is 0 Å². The van der Waals surface area contributed by atoms with Crippen molar-refractivity contribution in [2.24, 2.45) is 11.1 Å². The van der Waals surface area contributed by atoms with E-state index in [0.29, 0.717) is 5.57 Å². The quantitative estimate of drug-likeness (QED) is 0.572. The Morgan fingerprint density at radius 1 is 1.14 bits per heavy atom. The highest BCUT2D eigenvalue weighted by atomic mass is 19.1. The van der Waals surface area contributed by atoms with E-state index in [1.165, 1.54) is 5.56 Å². The standard InChI is InChI=1S/C20H28FN/c1-5-8-18-19(6-2,7-3)14-13-17(20(18,21)22)16-11-9-15(4)10-12-16/h8-13H,5-7,14,22H2,1-4H3/b18-8+. The topological polar surface area (TPSA) is 26.0 Å². The van der Waals surface area contributed by atoms with Gasteiger partial charge in [0.2, 0.25) is 5.79 Å². The van der Waals surface area contributed by atoms with Gasteiger partial charge in [-0.05, 0) is 49.2 Å². The number of hydrogen-bond donors (Lipinski definition) is 1. The first-order valence-corrected chi connectivity index (χ1v) is 8.37. The zero-order chi connectivity index (χ0) is 16.4. The second-order valence-electron chi connectivity index (χ2n) is 6.41. The van der Waals surface area contributed by atoms with Crippen LogP contribution >= 0.6 is 0 Å². The number of benzene rings is 1. The highest BCUT2D eigenvalue weighted by Gasteiger charge is 2.47. The third-order valence-electron chi connectivity index (χ3n) is 5.18. The molecule has 2 heteroatoms. The van der Waals surface area contributed by atoms with Crippen LogP contribution in [0, 0.1) is 12.3 Å². The molecule has 2 rings (SSSR count). The van der Waals surface area contributed by atoms with Gasteiger partial charge in [0.15, 0.2) is 0 Å². The summed E-state index contributed by atoms with van der Waals surface area (Å²) in [6, 6.07) is 7.96. The second-order valence-corrected chi connectivity index (χ2v) is 6.41. The van der Waals surface area contributed by atoms with Gasteiger partial charge in [0, 0.05) is 5.57 Å². The molecular formula is C20H28FN. The van der Waals surface area contributed by atoms with Gasteiger partial charge in [-0.1, -0.05) is 62.8 Å². The summed E-state index contributed by atoms with van der Waals surface area (Å²) in [5, 5.41) is 0. The van der Waals surface area contributed by atoms with E-state index < -0.39 is 5.79 Å². The molecule has 1 aromatic rings. The molecule has 0 heterocycles. The van der Waals surface area contributed by atoms with Crippen molar-refractivity contribution >= 4 is 5.57 Å². The van der Waals surface area contributed by atoms with Gasteiger partial charge < -0.3 is 0 Å². The molecule has 2 N–H and O–H groups in total. The Hall–Kier alpha value is -1.41. The Bertz CT molecular complexity index is 574. The van der Waals surface area contributed by atoms with Gasteiger partial charge >= 0.3 is 0 Å². The van der Waals surface area contributed by atoms with Gasteiger partial charge in [-0.25, -0.2) is 4.39 Å². The largest absolute Gasteiger partial charge is 0.292 e. The minimum absolute atomic E-state index is 0.145. The predicted molar refractivity (Wildman–Crippen MR) is 93.2 cm³/mol. The van der Waals surface area contributed by atoms with Gasteiger partial charge in [-0.15, -0.1) is 0 Å². The van der Waals surface area contributed by atoms with Crippen molar-refractivity contribution in [3.05, 3.63) is 53.1 Å². The van der Waals surface area contributed by atoms with Gasteiger partial charge in [0.25, 0.3) is 0 Å². The molecule has 0 spiro atoms. The fourth-order valence-electron chi connectivity index (χ4n) is 3.64. The normalized spacial score (nSPS) is 26.1. The Morgan fingerprint density at radius 2 is 1.73 bits per heavy atom. The number of nitrogens with two attached hydrogens (primary N) is 1. The van der Waals surface area contributed by atoms with Gasteiger partial charge in [0.05, 0.1) is 0 Å². The zero-order valence-corrected chi connectivity index (χ0v) is 14.2. The van der Waals surface area contributed by atoms with Crippen molar-refractivity contribution in [1.29, 1.82) is 0 Å². The first-order chi connectivity index (χ1) is 10.4. The highest BCUT2D eigenvalue weighted by Crippen LogP contribution is 2.52. The Morgan fingerprint density at radius 3 is 2.23 bits per heavy atom. The highest BCUT2D eigenvalue weighted by molar-refractivity contribution is 5.77. The van der Waals surface area contributed by atoms with Crippen molar-refractivity contribution < 1.29 is 4.39 Å². The summed E-state index contributed by atoms with van der Waals surface area (Å²) in [5.41, 5.74) is 9.54. The van der Waals surface area contributed by atoms with Crippen LogP contribution in [0.1, 0.15) is 57.6 Å². The van der Waals surface area contributed by atoms with Crippen LogP contribution in [0.25, 0.3) is 5.57 Å². The number of hydrogen-bond acceptors (Lipinski definition) is 1. The third kappa shape index (κ3) is 2.77. The molecular weight excluding hydrogens is 273 g/mol. The van der Waals surface area contributed by atoms with Crippen LogP contribution in [0.2, 0.25) is 0 Å². The maximum atomic E-state index is 15.7. The summed E-state index contributed by atoms with van der Waals surface area (Å²) in [4.78, 5) is 0. The first-order valence-electron chi connectivity index (χ1n) is 8.37. The van der Waals surface area contributed by atoms with E-state index in [4.69, 9.17) is 5.73 Å². The lowest BCUT2D eigenvalue weighted by Gasteiger charge is -2.44. The van der Waals surface area contributed by atoms with Crippen LogP contribution in [-0.2, 0) is 0 Å². The third-order valence-corrected chi connectivity index (χ3v) is 5.18. The molecule has 0 radical (unpaired) electrons. The molecule has 0 fully saturated rings. The minimum Gasteiger partial charge on any atom is -0.292 e. The van der Waals surface area contributed by atoms with E-state index in [0.717, 1.165) is 36.8 Å². The van der Waals surface area contributed by atoms with E-state index in [1.807, 2.05) is 50.3 Å². The number of rotatable bonds is 4. The monoisotopic (exact) mass is 301 g/mol. The maximum Gasteiger partial charge on any atom is 0.207 e. The Kier molecular flexibility index (Phi) is 4.91. The molecule has 120 valence electrons. The van der Waals surface area contributed by atoms with Crippen molar-refractivity contribution in [3.63, 3.8) is 0 Å². The lowest BCUT2D eigenvalue weighted by atomic mass is 9.63. The molecule has 0 bridgehead atoms. The number of allylic oxidation sites excluding steroid dienone is 2. The van der Waals surface area contributed by atoms with E-state index in [-0.39, 0.29) is 5.41 Å². The van der Waals surface area contributed by atoms with Crippen molar-refractivity contribution in [3.8, 4) is 0 Å². The van der Waals surface area contributed by atoms with Crippen molar-refractivity contribution in [2.45, 2.75) is 59.2 Å². The maximum absolute atomic E-state index is 15.7. The number of alkyl halides is 1. The Labute approximate surface area is 134 Å². The second kappa shape index (κ2) is 6.37. The van der Waals surface area contributed by atoms with Crippen molar-refractivity contribution in [1.82, 2.24) is 0 Å². The molecule has 1 aliphatic carbocycles. The smallest absolute Gasteiger partial charge is 0.207 e. The summed E-state index contributed by atoms with van der Waals surface area (Å²) in [6.07, 6.45) is 7.52. The van der Waals surface area contributed by atoms with Gasteiger partial charge in [0.1, 0.15) is 0 Å². The molecule has 22 heavy (non-hydrogen) atoms. The minimum atomic E-state index is -1.88. The molecule has 1 aliphatic rings. The molecule has 0 aliphatic heterocycles. The van der Waals surface area contributed by atoms with Crippen LogP contribution in [0.3, 0.4) is 0 Å². The van der Waals surface area contributed by atoms with Crippen LogP contribution < -0.4 is 5.73 Å². The SMILES string of the molecule is CC/C=C1\C(CC)(CC)CC=C(c2ccc(C)cc2)C1(N)F. The first kappa shape index (κ1) is 17.0. The number of halogens is 1. The summed E-state index contributed by atoms with van der Waals surface area (Å²) in [7, 11) is 0. The zero-order valence-electron chi connectivity index (χ0n) is 14.2. The summed E-state index contributed by atoms with van der Waals surface area (Å²) >= 11 is 0. The molecule has 1 atom stereocenters. The molecule has 1 nitrogen and oxygen atoms in total. The van der Waals surface area contributed by atoms with Gasteiger partial charge in [-0.2, -0.15) is 0 Å². The predicted octanol–water partition coefficient (Wildman–Crippen LogP) is 5.55. The van der Waals surface area contributed by atoms with Gasteiger partial charge in [-0.3, -0.25) is 5.73 Å². The van der Waals surface area contributed by atoms with Crippen LogP contribution in [-0.4, -0.2) is 5.79 Å². The summed E-state index contributed by atoms with van der Waals surface area (Å²) in [6.45, 7) is 8.34. The molecule has 1 unspecified atom stereocenters. The number of aryl methyl sites for hydroxylation is 1. The fourth-order valence-corrected chi connectivity index (χ4v) is 3.64. The molecule has 1 aromatic carbocycles. The molecule has 0 amide bonds. The van der Waals surface area contributed by atoms with E-state index in [1.54, 1.807) is 0 Å².